The van der Waals surface area contributed by atoms with Crippen LogP contribution in [-0.4, -0.2) is 21.6 Å². The van der Waals surface area contributed by atoms with Crippen LogP contribution in [0.4, 0.5) is 0 Å². The highest BCUT2D eigenvalue weighted by Gasteiger charge is 2.35. The van der Waals surface area contributed by atoms with Crippen LogP contribution in [0.5, 0.6) is 5.75 Å². The second-order valence-electron chi connectivity index (χ2n) is 5.33. The van der Waals surface area contributed by atoms with E-state index in [-0.39, 0.29) is 12.3 Å². The minimum Gasteiger partial charge on any atom is -0.466 e. The zero-order valence-electron chi connectivity index (χ0n) is 14.0. The molecular weight excluding hydrogens is 397 g/mol. The fourth-order valence-electron chi connectivity index (χ4n) is 2.17. The topological polar surface area (TPSA) is 76.7 Å². The Kier molecular flexibility index (Phi) is 7.14. The van der Waals surface area contributed by atoms with E-state index in [0.717, 1.165) is 11.1 Å². The molecular formula is C18H18Cl3N3O2. The van der Waals surface area contributed by atoms with Gasteiger partial charge in [0.25, 0.3) is 0 Å². The molecule has 3 N–H and O–H groups in total. The maximum Gasteiger partial charge on any atom is 0.246 e. The highest BCUT2D eigenvalue weighted by Crippen LogP contribution is 2.32. The summed E-state index contributed by atoms with van der Waals surface area (Å²) in [4.78, 5) is 11.6. The van der Waals surface area contributed by atoms with E-state index in [0.29, 0.717) is 11.5 Å². The zero-order chi connectivity index (χ0) is 19.2. The van der Waals surface area contributed by atoms with Gasteiger partial charge in [-0.25, -0.2) is 0 Å². The molecule has 0 aliphatic rings. The van der Waals surface area contributed by atoms with E-state index in [1.54, 1.807) is 31.2 Å². The first-order valence-corrected chi connectivity index (χ1v) is 8.95. The molecule has 1 unspecified atom stereocenters. The van der Waals surface area contributed by atoms with Gasteiger partial charge in [-0.3, -0.25) is 4.79 Å². The van der Waals surface area contributed by atoms with Gasteiger partial charge in [0, 0.05) is 17.5 Å². The maximum absolute atomic E-state index is 11.6. The molecule has 5 nitrogen and oxygen atoms in total. The number of hydrogen-bond donors (Lipinski definition) is 2. The molecule has 0 aliphatic carbocycles. The first-order chi connectivity index (χ1) is 12.3. The van der Waals surface area contributed by atoms with Gasteiger partial charge in [0.1, 0.15) is 5.75 Å². The number of nitrogens with two attached hydrogens (primary N) is 1. The molecule has 1 atom stereocenters. The van der Waals surface area contributed by atoms with E-state index in [1.165, 1.54) is 0 Å². The minimum atomic E-state index is -1.82. The molecule has 0 bridgehead atoms. The van der Waals surface area contributed by atoms with Crippen LogP contribution in [0.15, 0.2) is 59.7 Å². The predicted molar refractivity (Wildman–Crippen MR) is 106 cm³/mol. The van der Waals surface area contributed by atoms with Crippen LogP contribution in [0.2, 0.25) is 0 Å². The molecule has 2 aromatic rings. The molecule has 26 heavy (non-hydrogen) atoms. The first-order valence-electron chi connectivity index (χ1n) is 7.81. The van der Waals surface area contributed by atoms with Crippen molar-refractivity contribution < 1.29 is 9.53 Å². The van der Waals surface area contributed by atoms with Crippen molar-refractivity contribution in [3.8, 4) is 5.75 Å². The summed E-state index contributed by atoms with van der Waals surface area (Å²) in [5, 5.41) is 6.39. The normalized spacial score (nSPS) is 13.2. The van der Waals surface area contributed by atoms with Crippen molar-refractivity contribution in [1.82, 2.24) is 5.32 Å². The third-order valence-corrected chi connectivity index (χ3v) is 4.06. The Hall–Kier alpha value is -1.95. The summed E-state index contributed by atoms with van der Waals surface area (Å²) in [5.41, 5.74) is 2.32. The first kappa shape index (κ1) is 20.4. The van der Waals surface area contributed by atoms with Crippen molar-refractivity contribution in [1.29, 1.82) is 0 Å². The Labute approximate surface area is 167 Å². The summed E-state index contributed by atoms with van der Waals surface area (Å²) in [5.74, 6) is 5.67. The van der Waals surface area contributed by atoms with Crippen molar-refractivity contribution in [2.75, 3.05) is 0 Å². The Bertz CT molecular complexity index is 760. The lowest BCUT2D eigenvalue weighted by atomic mass is 10.0. The van der Waals surface area contributed by atoms with Crippen LogP contribution < -0.4 is 15.9 Å². The second kappa shape index (κ2) is 9.12. The Balaban J connectivity index is 2.19. The van der Waals surface area contributed by atoms with Gasteiger partial charge in [0.05, 0.1) is 5.71 Å². The Morgan fingerprint density at radius 1 is 1.12 bits per heavy atom. The SMILES string of the molecule is CCC(=O)NC(Oc1ccc(/C(=N\N)c2ccccc2)cc1)C(Cl)(Cl)Cl. The monoisotopic (exact) mass is 413 g/mol. The summed E-state index contributed by atoms with van der Waals surface area (Å²) < 4.78 is 3.80. The summed E-state index contributed by atoms with van der Waals surface area (Å²) >= 11 is 17.7. The highest BCUT2D eigenvalue weighted by molar-refractivity contribution is 6.68. The lowest BCUT2D eigenvalue weighted by molar-refractivity contribution is -0.123. The number of hydrogen-bond acceptors (Lipinski definition) is 4. The number of halogens is 3. The molecule has 0 heterocycles. The third kappa shape index (κ3) is 5.53. The van der Waals surface area contributed by atoms with Crippen LogP contribution in [0.25, 0.3) is 0 Å². The molecule has 0 radical (unpaired) electrons. The Morgan fingerprint density at radius 3 is 2.19 bits per heavy atom. The average molecular weight is 415 g/mol. The third-order valence-electron chi connectivity index (χ3n) is 3.47. The summed E-state index contributed by atoms with van der Waals surface area (Å²) in [7, 11) is 0. The maximum atomic E-state index is 11.6. The van der Waals surface area contributed by atoms with E-state index < -0.39 is 10.0 Å². The molecule has 0 aliphatic heterocycles. The lowest BCUT2D eigenvalue weighted by Gasteiger charge is -2.26. The van der Waals surface area contributed by atoms with Crippen molar-refractivity contribution in [2.24, 2.45) is 10.9 Å². The van der Waals surface area contributed by atoms with Gasteiger partial charge in [0.2, 0.25) is 15.9 Å². The van der Waals surface area contributed by atoms with Gasteiger partial charge in [-0.1, -0.05) is 72.1 Å². The number of alkyl halides is 3. The number of rotatable bonds is 6. The van der Waals surface area contributed by atoms with Crippen LogP contribution in [0.1, 0.15) is 24.5 Å². The quantitative estimate of drug-likeness (QED) is 0.247. The van der Waals surface area contributed by atoms with Gasteiger partial charge >= 0.3 is 0 Å². The fourth-order valence-corrected chi connectivity index (χ4v) is 2.46. The smallest absolute Gasteiger partial charge is 0.246 e. The Morgan fingerprint density at radius 2 is 1.69 bits per heavy atom. The van der Waals surface area contributed by atoms with Crippen LogP contribution in [0.3, 0.4) is 0 Å². The number of carbonyl (C=O) groups is 1. The number of nitrogens with zero attached hydrogens (tertiary/aromatic N) is 1. The van der Waals surface area contributed by atoms with Crippen molar-refractivity contribution in [3.63, 3.8) is 0 Å². The van der Waals surface area contributed by atoms with Gasteiger partial charge in [0.15, 0.2) is 0 Å². The van der Waals surface area contributed by atoms with Crippen LogP contribution in [0, 0.1) is 0 Å². The van der Waals surface area contributed by atoms with E-state index in [4.69, 9.17) is 45.4 Å². The number of amides is 1. The largest absolute Gasteiger partial charge is 0.466 e. The predicted octanol–water partition coefficient (Wildman–Crippen LogP) is 4.00. The van der Waals surface area contributed by atoms with Crippen LogP contribution >= 0.6 is 34.8 Å². The molecule has 1 amide bonds. The molecule has 0 saturated heterocycles. The highest BCUT2D eigenvalue weighted by atomic mass is 35.6. The molecule has 0 spiro atoms. The van der Waals surface area contributed by atoms with Gasteiger partial charge in [-0.05, 0) is 24.3 Å². The standard InChI is InChI=1S/C18H18Cl3N3O2/c1-2-15(25)23-17(18(19,20)21)26-14-10-8-13(9-11-14)16(24-22)12-6-4-3-5-7-12/h3-11,17H,2,22H2,1H3,(H,23,25)/b24-16-. The zero-order valence-corrected chi connectivity index (χ0v) is 16.2. The molecule has 8 heteroatoms. The molecule has 0 aromatic heterocycles. The summed E-state index contributed by atoms with van der Waals surface area (Å²) in [6.45, 7) is 1.69. The number of carbonyl (C=O) groups excluding carboxylic acids is 1. The van der Waals surface area contributed by atoms with E-state index in [9.17, 15) is 4.79 Å². The molecule has 138 valence electrons. The van der Waals surface area contributed by atoms with Gasteiger partial charge in [-0.15, -0.1) is 0 Å². The van der Waals surface area contributed by atoms with Crippen molar-refractivity contribution in [3.05, 3.63) is 65.7 Å². The average Bonchev–Trinajstić information content (AvgIpc) is 2.63. The van der Waals surface area contributed by atoms with E-state index in [1.807, 2.05) is 30.3 Å². The van der Waals surface area contributed by atoms with Crippen molar-refractivity contribution >= 4 is 46.4 Å². The van der Waals surface area contributed by atoms with E-state index >= 15 is 0 Å². The molecule has 2 aromatic carbocycles. The van der Waals surface area contributed by atoms with Gasteiger partial charge < -0.3 is 15.9 Å². The lowest BCUT2D eigenvalue weighted by Crippen LogP contribution is -2.47. The van der Waals surface area contributed by atoms with Gasteiger partial charge in [-0.2, -0.15) is 5.10 Å². The minimum absolute atomic E-state index is 0.243. The fraction of sp³-hybridized carbons (Fsp3) is 0.222. The summed E-state index contributed by atoms with van der Waals surface area (Å²) in [6, 6.07) is 16.5. The van der Waals surface area contributed by atoms with Crippen LogP contribution in [-0.2, 0) is 4.79 Å². The van der Waals surface area contributed by atoms with E-state index in [2.05, 4.69) is 10.4 Å². The molecule has 0 fully saturated rings. The molecule has 0 saturated carbocycles. The summed E-state index contributed by atoms with van der Waals surface area (Å²) in [6.07, 6.45) is -0.880. The number of hydrazone groups is 1. The number of benzene rings is 2. The number of nitrogens with one attached hydrogen (secondary N) is 1. The molecule has 2 rings (SSSR count). The second-order valence-corrected chi connectivity index (χ2v) is 7.70. The van der Waals surface area contributed by atoms with Crippen molar-refractivity contribution in [2.45, 2.75) is 23.4 Å². The number of ether oxygens (including phenoxy) is 1.